The van der Waals surface area contributed by atoms with Gasteiger partial charge in [0.15, 0.2) is 10.7 Å². The first-order valence-corrected chi connectivity index (χ1v) is 7.75. The lowest BCUT2D eigenvalue weighted by atomic mass is 10.2. The van der Waals surface area contributed by atoms with Gasteiger partial charge < -0.3 is 15.1 Å². The van der Waals surface area contributed by atoms with Crippen molar-refractivity contribution in [3.05, 3.63) is 0 Å². The summed E-state index contributed by atoms with van der Waals surface area (Å²) in [6.07, 6.45) is 0. The van der Waals surface area contributed by atoms with Crippen LogP contribution in [0, 0.1) is 5.92 Å². The van der Waals surface area contributed by atoms with Crippen LogP contribution < -0.4 is 10.7 Å². The highest BCUT2D eigenvalue weighted by Gasteiger charge is 2.27. The second kappa shape index (κ2) is 6.47. The summed E-state index contributed by atoms with van der Waals surface area (Å²) in [5, 5.41) is 8.25. The number of piperazine rings is 1. The first-order valence-electron chi connectivity index (χ1n) is 6.87. The van der Waals surface area contributed by atoms with E-state index in [4.69, 9.17) is 0 Å². The summed E-state index contributed by atoms with van der Waals surface area (Å²) < 4.78 is 0. The van der Waals surface area contributed by atoms with Crippen LogP contribution in [0.2, 0.25) is 0 Å². The van der Waals surface area contributed by atoms with E-state index >= 15 is 0 Å². The highest BCUT2D eigenvalue weighted by molar-refractivity contribution is 8.14. The van der Waals surface area contributed by atoms with Crippen molar-refractivity contribution in [2.24, 2.45) is 11.0 Å². The Morgan fingerprint density at radius 1 is 1.47 bits per heavy atom. The molecule has 0 bridgehead atoms. The number of nitrogens with one attached hydrogen (secondary N) is 2. The van der Waals surface area contributed by atoms with E-state index in [1.807, 2.05) is 13.8 Å². The molecule has 2 N–H and O–H groups in total. The average Bonchev–Trinajstić information content (AvgIpc) is 2.87. The molecule has 1 amide bonds. The molecule has 6 nitrogen and oxygen atoms in total. The Bertz CT molecular complexity index is 352. The fraction of sp³-hybridized carbons (Fsp3) is 0.833. The van der Waals surface area contributed by atoms with Crippen molar-refractivity contribution in [3.63, 3.8) is 0 Å². The van der Waals surface area contributed by atoms with Crippen LogP contribution in [0.25, 0.3) is 0 Å². The van der Waals surface area contributed by atoms with Gasteiger partial charge in [-0.25, -0.2) is 0 Å². The summed E-state index contributed by atoms with van der Waals surface area (Å²) >= 11 is 1.59. The zero-order chi connectivity index (χ0) is 13.8. The molecule has 0 radical (unpaired) electrons. The molecule has 2 aliphatic rings. The fourth-order valence-electron chi connectivity index (χ4n) is 2.03. The van der Waals surface area contributed by atoms with Crippen molar-refractivity contribution in [2.45, 2.75) is 26.3 Å². The van der Waals surface area contributed by atoms with Crippen LogP contribution in [0.4, 0.5) is 0 Å². The Labute approximate surface area is 119 Å². The molecule has 2 aliphatic heterocycles. The molecule has 108 valence electrons. The molecular formula is C12H23N5OS. The maximum Gasteiger partial charge on any atom is 0.224 e. The molecule has 2 heterocycles. The quantitative estimate of drug-likeness (QED) is 0.780. The van der Waals surface area contributed by atoms with Crippen LogP contribution >= 0.6 is 11.8 Å². The third-order valence-corrected chi connectivity index (χ3v) is 4.41. The van der Waals surface area contributed by atoms with Crippen LogP contribution in [0.3, 0.4) is 0 Å². The van der Waals surface area contributed by atoms with Gasteiger partial charge in [0.25, 0.3) is 0 Å². The topological polar surface area (TPSA) is 60.0 Å². The van der Waals surface area contributed by atoms with E-state index in [0.717, 1.165) is 37.9 Å². The fourth-order valence-corrected chi connectivity index (χ4v) is 2.96. The maximum atomic E-state index is 11.6. The molecular weight excluding hydrogens is 262 g/mol. The van der Waals surface area contributed by atoms with E-state index in [-0.39, 0.29) is 17.3 Å². The lowest BCUT2D eigenvalue weighted by Gasteiger charge is -2.34. The zero-order valence-corrected chi connectivity index (χ0v) is 12.7. The third kappa shape index (κ3) is 3.76. The molecule has 7 heteroatoms. The first kappa shape index (κ1) is 14.5. The van der Waals surface area contributed by atoms with E-state index in [1.165, 1.54) is 0 Å². The number of hydrazone groups is 1. The molecule has 0 aromatic carbocycles. The highest BCUT2D eigenvalue weighted by Crippen LogP contribution is 2.19. The molecule has 0 saturated carbocycles. The van der Waals surface area contributed by atoms with Crippen molar-refractivity contribution in [2.75, 3.05) is 32.7 Å². The van der Waals surface area contributed by atoms with Gasteiger partial charge in [-0.05, 0) is 18.3 Å². The number of nitrogens with zero attached hydrogens (tertiary/aromatic N) is 3. The van der Waals surface area contributed by atoms with Crippen LogP contribution in [0.15, 0.2) is 5.10 Å². The predicted octanol–water partition coefficient (Wildman–Crippen LogP) is 0.287. The third-order valence-electron chi connectivity index (χ3n) is 3.39. The molecule has 1 unspecified atom stereocenters. The summed E-state index contributed by atoms with van der Waals surface area (Å²) in [5.41, 5.74) is 2.85. The second-order valence-corrected chi connectivity index (χ2v) is 6.18. The van der Waals surface area contributed by atoms with Gasteiger partial charge >= 0.3 is 0 Å². The van der Waals surface area contributed by atoms with Gasteiger partial charge in [0, 0.05) is 32.1 Å². The maximum absolute atomic E-state index is 11.6. The molecule has 1 atom stereocenters. The Morgan fingerprint density at radius 3 is 2.74 bits per heavy atom. The predicted molar refractivity (Wildman–Crippen MR) is 78.6 cm³/mol. The van der Waals surface area contributed by atoms with Gasteiger partial charge in [0.05, 0.1) is 0 Å². The van der Waals surface area contributed by atoms with Crippen molar-refractivity contribution < 1.29 is 4.79 Å². The normalized spacial score (nSPS) is 24.3. The molecule has 0 aromatic rings. The monoisotopic (exact) mass is 285 g/mol. The lowest BCUT2D eigenvalue weighted by Crippen LogP contribution is -2.47. The Morgan fingerprint density at radius 2 is 2.16 bits per heavy atom. The van der Waals surface area contributed by atoms with E-state index in [9.17, 15) is 4.79 Å². The Kier molecular flexibility index (Phi) is 4.93. The number of hydrogen-bond acceptors (Lipinski definition) is 6. The number of amides is 1. The largest absolute Gasteiger partial charge is 0.347 e. The SMILES string of the molecule is CCN1CCN(C2=NNC(NC(=O)C(C)C)S2)CC1. The number of thioether (sulfide) groups is 1. The number of hydrogen-bond donors (Lipinski definition) is 2. The number of carbonyl (C=O) groups excluding carboxylic acids is 1. The van der Waals surface area contributed by atoms with Crippen LogP contribution in [-0.2, 0) is 4.79 Å². The molecule has 0 spiro atoms. The van der Waals surface area contributed by atoms with Gasteiger partial charge in [-0.3, -0.25) is 10.2 Å². The van der Waals surface area contributed by atoms with E-state index in [1.54, 1.807) is 11.8 Å². The minimum Gasteiger partial charge on any atom is -0.347 e. The van der Waals surface area contributed by atoms with Gasteiger partial charge in [-0.2, -0.15) is 5.10 Å². The van der Waals surface area contributed by atoms with Crippen LogP contribution in [0.5, 0.6) is 0 Å². The Hall–Kier alpha value is -0.950. The van der Waals surface area contributed by atoms with Crippen LogP contribution in [-0.4, -0.2) is 59.1 Å². The highest BCUT2D eigenvalue weighted by atomic mass is 32.2. The number of likely N-dealkylation sites (N-methyl/N-ethyl adjacent to an activating group) is 1. The van der Waals surface area contributed by atoms with Crippen molar-refractivity contribution in [1.82, 2.24) is 20.5 Å². The van der Waals surface area contributed by atoms with Crippen molar-refractivity contribution >= 4 is 22.8 Å². The lowest BCUT2D eigenvalue weighted by molar-refractivity contribution is -0.124. The smallest absolute Gasteiger partial charge is 0.224 e. The number of rotatable bonds is 3. The van der Waals surface area contributed by atoms with E-state index in [0.29, 0.717) is 0 Å². The Balaban J connectivity index is 1.77. The van der Waals surface area contributed by atoms with Crippen molar-refractivity contribution in [3.8, 4) is 0 Å². The average molecular weight is 285 g/mol. The van der Waals surface area contributed by atoms with Crippen LogP contribution in [0.1, 0.15) is 20.8 Å². The summed E-state index contributed by atoms with van der Waals surface area (Å²) in [6, 6.07) is 0. The van der Waals surface area contributed by atoms with E-state index in [2.05, 4.69) is 32.6 Å². The zero-order valence-electron chi connectivity index (χ0n) is 11.8. The van der Waals surface area contributed by atoms with Gasteiger partial charge in [0.2, 0.25) is 5.91 Å². The molecule has 2 rings (SSSR count). The second-order valence-electron chi connectivity index (χ2n) is 5.11. The summed E-state index contributed by atoms with van der Waals surface area (Å²) in [6.45, 7) is 11.3. The number of carbonyl (C=O) groups is 1. The number of amidine groups is 1. The molecule has 0 aliphatic carbocycles. The molecule has 1 fully saturated rings. The van der Waals surface area contributed by atoms with E-state index < -0.39 is 0 Å². The minimum absolute atomic E-state index is 0.000418. The molecule has 1 saturated heterocycles. The van der Waals surface area contributed by atoms with Gasteiger partial charge in [-0.15, -0.1) is 0 Å². The summed E-state index contributed by atoms with van der Waals surface area (Å²) in [4.78, 5) is 16.3. The minimum atomic E-state index is -0.130. The van der Waals surface area contributed by atoms with Gasteiger partial charge in [-0.1, -0.05) is 20.8 Å². The van der Waals surface area contributed by atoms with Crippen molar-refractivity contribution in [1.29, 1.82) is 0 Å². The van der Waals surface area contributed by atoms with Gasteiger partial charge in [0.1, 0.15) is 0 Å². The molecule has 19 heavy (non-hydrogen) atoms. The molecule has 0 aromatic heterocycles. The first-order chi connectivity index (χ1) is 9.10. The standard InChI is InChI=1S/C12H23N5OS/c1-4-16-5-7-17(8-6-16)12-15-14-11(19-12)13-10(18)9(2)3/h9,11,14H,4-8H2,1-3H3,(H,13,18). The summed E-state index contributed by atoms with van der Waals surface area (Å²) in [5.74, 6) is 0.0526. The summed E-state index contributed by atoms with van der Waals surface area (Å²) in [7, 11) is 0.